The highest BCUT2D eigenvalue weighted by Crippen LogP contribution is 2.41. The molecule has 0 aliphatic rings. The van der Waals surface area contributed by atoms with Crippen molar-refractivity contribution in [3.63, 3.8) is 0 Å². The monoisotopic (exact) mass is 445 g/mol. The van der Waals surface area contributed by atoms with E-state index >= 15 is 0 Å². The molecule has 0 bridgehead atoms. The smallest absolute Gasteiger partial charge is 0.345 e. The number of nitrogens with one attached hydrogen (secondary N) is 1. The van der Waals surface area contributed by atoms with E-state index in [0.717, 1.165) is 0 Å². The first-order valence-corrected chi connectivity index (χ1v) is 9.89. The molecule has 0 aromatic heterocycles. The molecule has 2 aromatic carbocycles. The normalized spacial score (nSPS) is 13.7. The van der Waals surface area contributed by atoms with Crippen LogP contribution in [0.2, 0.25) is 0 Å². The topological polar surface area (TPSA) is 29.1 Å². The van der Waals surface area contributed by atoms with Gasteiger partial charge in [0.15, 0.2) is 0 Å². The molecule has 1 N–H and O–H groups in total. The van der Waals surface area contributed by atoms with Crippen molar-refractivity contribution in [2.45, 2.75) is 58.9 Å². The summed E-state index contributed by atoms with van der Waals surface area (Å²) in [5.41, 5.74) is -3.91. The van der Waals surface area contributed by atoms with Crippen LogP contribution in [0.4, 0.5) is 26.3 Å². The largest absolute Gasteiger partial charge is 0.417 e. The molecule has 0 radical (unpaired) electrons. The molecule has 170 valence electrons. The summed E-state index contributed by atoms with van der Waals surface area (Å²) in [6.45, 7) is 7.03. The zero-order chi connectivity index (χ0) is 23.6. The second-order valence-corrected chi connectivity index (χ2v) is 8.07. The van der Waals surface area contributed by atoms with Gasteiger partial charge in [0, 0.05) is 0 Å². The lowest BCUT2D eigenvalue weighted by atomic mass is 9.78. The molecule has 0 saturated heterocycles. The number of alkyl halides is 6. The highest BCUT2D eigenvalue weighted by atomic mass is 19.4. The molecule has 0 aliphatic carbocycles. The van der Waals surface area contributed by atoms with Crippen LogP contribution in [0, 0.1) is 5.41 Å². The quantitative estimate of drug-likeness (QED) is 0.468. The van der Waals surface area contributed by atoms with E-state index in [-0.39, 0.29) is 18.1 Å². The van der Waals surface area contributed by atoms with Crippen molar-refractivity contribution in [2.75, 3.05) is 0 Å². The minimum absolute atomic E-state index is 0.0105. The van der Waals surface area contributed by atoms with Gasteiger partial charge in [-0.3, -0.25) is 4.79 Å². The van der Waals surface area contributed by atoms with E-state index in [1.54, 1.807) is 30.3 Å². The molecule has 1 amide bonds. The molecule has 0 heterocycles. The molecular weight excluding hydrogens is 420 g/mol. The third-order valence-corrected chi connectivity index (χ3v) is 5.56. The molecule has 0 saturated carbocycles. The fraction of sp³-hybridized carbons (Fsp3) is 0.435. The first-order valence-electron chi connectivity index (χ1n) is 9.89. The van der Waals surface area contributed by atoms with Gasteiger partial charge in [-0.15, -0.1) is 0 Å². The van der Waals surface area contributed by atoms with Crippen LogP contribution in [0.5, 0.6) is 0 Å². The summed E-state index contributed by atoms with van der Waals surface area (Å²) in [5.74, 6) is -1.05. The van der Waals surface area contributed by atoms with E-state index in [0.29, 0.717) is 18.1 Å². The summed E-state index contributed by atoms with van der Waals surface area (Å²) in [6, 6.07) is 8.76. The fourth-order valence-corrected chi connectivity index (χ4v) is 3.42. The predicted octanol–water partition coefficient (Wildman–Crippen LogP) is 7.19. The number of halogens is 6. The minimum atomic E-state index is -5.12. The Labute approximate surface area is 177 Å². The maximum Gasteiger partial charge on any atom is 0.417 e. The highest BCUT2D eigenvalue weighted by molar-refractivity contribution is 5.98. The molecule has 2 aromatic rings. The van der Waals surface area contributed by atoms with Crippen LogP contribution in [-0.2, 0) is 18.8 Å². The molecule has 0 aliphatic heterocycles. The van der Waals surface area contributed by atoms with Gasteiger partial charge in [0.05, 0.1) is 22.7 Å². The zero-order valence-corrected chi connectivity index (χ0v) is 17.7. The molecule has 0 fully saturated rings. The van der Waals surface area contributed by atoms with Gasteiger partial charge in [0.1, 0.15) is 0 Å². The Bertz CT molecular complexity index is 916. The second kappa shape index (κ2) is 8.93. The van der Waals surface area contributed by atoms with Gasteiger partial charge in [-0.05, 0) is 41.5 Å². The third kappa shape index (κ3) is 5.60. The molecule has 31 heavy (non-hydrogen) atoms. The van der Waals surface area contributed by atoms with E-state index in [1.807, 2.05) is 20.8 Å². The van der Waals surface area contributed by atoms with Crippen molar-refractivity contribution in [1.82, 2.24) is 5.32 Å². The summed E-state index contributed by atoms with van der Waals surface area (Å²) in [5, 5.41) is 2.67. The number of carbonyl (C=O) groups excluding carboxylic acids is 1. The molecular formula is C23H25F6NO. The third-order valence-electron chi connectivity index (χ3n) is 5.56. The summed E-state index contributed by atoms with van der Waals surface area (Å²) in [4.78, 5) is 13.1. The maximum atomic E-state index is 13.7. The zero-order valence-electron chi connectivity index (χ0n) is 17.7. The first-order chi connectivity index (χ1) is 14.2. The molecule has 2 nitrogen and oxygen atoms in total. The van der Waals surface area contributed by atoms with Crippen LogP contribution in [0.1, 0.15) is 72.8 Å². The van der Waals surface area contributed by atoms with E-state index in [2.05, 4.69) is 5.32 Å². The SMILES string of the molecule is CCc1cc(C(F)(F)F)cc(C(F)(F)F)c1C(=O)NC(c1ccccc1)C(C)(C)CC. The van der Waals surface area contributed by atoms with E-state index < -0.39 is 46.4 Å². The molecule has 1 atom stereocenters. The van der Waals surface area contributed by atoms with Crippen LogP contribution >= 0.6 is 0 Å². The number of amides is 1. The summed E-state index contributed by atoms with van der Waals surface area (Å²) >= 11 is 0. The number of benzene rings is 2. The van der Waals surface area contributed by atoms with Crippen molar-refractivity contribution in [2.24, 2.45) is 5.41 Å². The van der Waals surface area contributed by atoms with Gasteiger partial charge >= 0.3 is 12.4 Å². The molecule has 2 rings (SSSR count). The lowest BCUT2D eigenvalue weighted by molar-refractivity contribution is -0.143. The van der Waals surface area contributed by atoms with Gasteiger partial charge in [0.25, 0.3) is 5.91 Å². The Morgan fingerprint density at radius 2 is 1.52 bits per heavy atom. The van der Waals surface area contributed by atoms with Crippen molar-refractivity contribution in [1.29, 1.82) is 0 Å². The number of aryl methyl sites for hydroxylation is 1. The van der Waals surface area contributed by atoms with Gasteiger partial charge in [-0.1, -0.05) is 58.0 Å². The Hall–Kier alpha value is -2.51. The summed E-state index contributed by atoms with van der Waals surface area (Å²) in [7, 11) is 0. The van der Waals surface area contributed by atoms with Crippen molar-refractivity contribution >= 4 is 5.91 Å². The van der Waals surface area contributed by atoms with E-state index in [9.17, 15) is 31.1 Å². The predicted molar refractivity (Wildman–Crippen MR) is 107 cm³/mol. The number of hydrogen-bond donors (Lipinski definition) is 1. The van der Waals surface area contributed by atoms with Gasteiger partial charge in [-0.25, -0.2) is 0 Å². The molecule has 0 spiro atoms. The van der Waals surface area contributed by atoms with Crippen LogP contribution in [-0.4, -0.2) is 5.91 Å². The second-order valence-electron chi connectivity index (χ2n) is 8.07. The van der Waals surface area contributed by atoms with Gasteiger partial charge in [-0.2, -0.15) is 26.3 Å². The number of rotatable bonds is 6. The van der Waals surface area contributed by atoms with E-state index in [1.165, 1.54) is 6.92 Å². The lowest BCUT2D eigenvalue weighted by Gasteiger charge is -2.35. The van der Waals surface area contributed by atoms with Gasteiger partial charge in [0.2, 0.25) is 0 Å². The average Bonchev–Trinajstić information content (AvgIpc) is 2.69. The van der Waals surface area contributed by atoms with Crippen molar-refractivity contribution in [3.8, 4) is 0 Å². The number of carbonyl (C=O) groups is 1. The Morgan fingerprint density at radius 1 is 0.935 bits per heavy atom. The first kappa shape index (κ1) is 24.8. The van der Waals surface area contributed by atoms with Crippen molar-refractivity contribution in [3.05, 3.63) is 70.3 Å². The fourth-order valence-electron chi connectivity index (χ4n) is 3.42. The Morgan fingerprint density at radius 3 is 1.97 bits per heavy atom. The summed E-state index contributed by atoms with van der Waals surface area (Å²) in [6.07, 6.45) is -9.65. The van der Waals surface area contributed by atoms with Crippen LogP contribution < -0.4 is 5.32 Å². The van der Waals surface area contributed by atoms with Crippen molar-refractivity contribution < 1.29 is 31.1 Å². The number of hydrogen-bond acceptors (Lipinski definition) is 1. The van der Waals surface area contributed by atoms with Crippen LogP contribution in [0.15, 0.2) is 42.5 Å². The molecule has 1 unspecified atom stereocenters. The minimum Gasteiger partial charge on any atom is -0.345 e. The van der Waals surface area contributed by atoms with Crippen LogP contribution in [0.25, 0.3) is 0 Å². The average molecular weight is 445 g/mol. The van der Waals surface area contributed by atoms with Crippen LogP contribution in [0.3, 0.4) is 0 Å². The molecule has 8 heteroatoms. The summed E-state index contributed by atoms with van der Waals surface area (Å²) < 4.78 is 80.6. The maximum absolute atomic E-state index is 13.7. The van der Waals surface area contributed by atoms with Gasteiger partial charge < -0.3 is 5.32 Å². The Balaban J connectivity index is 2.64. The Kier molecular flexibility index (Phi) is 7.13. The van der Waals surface area contributed by atoms with E-state index in [4.69, 9.17) is 0 Å². The lowest BCUT2D eigenvalue weighted by Crippen LogP contribution is -2.39. The highest BCUT2D eigenvalue weighted by Gasteiger charge is 2.41. The standard InChI is InChI=1S/C23H25F6NO/c1-5-14-12-16(22(24,25)26)13-17(23(27,28)29)18(14)20(31)30-19(21(3,4)6-2)15-10-8-7-9-11-15/h7-13,19H,5-6H2,1-4H3,(H,30,31).